The third-order valence-corrected chi connectivity index (χ3v) is 4.53. The first-order valence-electron chi connectivity index (χ1n) is 8.27. The fourth-order valence-electron chi connectivity index (χ4n) is 3.26. The normalized spacial score (nSPS) is 15.5. The summed E-state index contributed by atoms with van der Waals surface area (Å²) in [6.07, 6.45) is 4.23. The van der Waals surface area contributed by atoms with Crippen molar-refractivity contribution in [2.24, 2.45) is 0 Å². The highest BCUT2D eigenvalue weighted by molar-refractivity contribution is 5.76. The predicted molar refractivity (Wildman–Crippen MR) is 86.3 cm³/mol. The highest BCUT2D eigenvalue weighted by Crippen LogP contribution is 2.14. The van der Waals surface area contributed by atoms with Crippen LogP contribution in [0.1, 0.15) is 49.6 Å². The Hall–Kier alpha value is -1.29. The molecule has 2 rings (SSSR count). The fourth-order valence-corrected chi connectivity index (χ4v) is 3.26. The molecular weight excluding hydrogens is 262 g/mol. The lowest BCUT2D eigenvalue weighted by atomic mass is 10.1. The molecule has 4 nitrogen and oxygen atoms in total. The van der Waals surface area contributed by atoms with Gasteiger partial charge in [0.15, 0.2) is 0 Å². The molecule has 1 aliphatic rings. The topological polar surface area (TPSA) is 37.3 Å². The summed E-state index contributed by atoms with van der Waals surface area (Å²) in [7, 11) is 0. The van der Waals surface area contributed by atoms with Gasteiger partial charge in [-0.1, -0.05) is 0 Å². The number of hydrogen-bond donors (Lipinski definition) is 1. The van der Waals surface area contributed by atoms with Gasteiger partial charge >= 0.3 is 0 Å². The second-order valence-electron chi connectivity index (χ2n) is 6.01. The van der Waals surface area contributed by atoms with E-state index in [0.29, 0.717) is 12.3 Å². The van der Waals surface area contributed by atoms with Gasteiger partial charge in [-0.3, -0.25) is 4.79 Å². The number of aryl methyl sites for hydroxylation is 1. The number of piperidine rings is 1. The van der Waals surface area contributed by atoms with E-state index in [2.05, 4.69) is 36.7 Å². The minimum Gasteiger partial charge on any atom is -0.349 e. The van der Waals surface area contributed by atoms with Crippen molar-refractivity contribution in [3.8, 4) is 0 Å². The van der Waals surface area contributed by atoms with Crippen LogP contribution in [0.25, 0.3) is 0 Å². The van der Waals surface area contributed by atoms with Gasteiger partial charge in [0, 0.05) is 50.5 Å². The molecule has 1 aromatic rings. The second kappa shape index (κ2) is 7.64. The van der Waals surface area contributed by atoms with E-state index in [9.17, 15) is 4.79 Å². The monoisotopic (exact) mass is 291 g/mol. The Bertz CT molecular complexity index is 473. The summed E-state index contributed by atoms with van der Waals surface area (Å²) < 4.78 is 2.33. The molecule has 0 spiro atoms. The lowest BCUT2D eigenvalue weighted by molar-refractivity contribution is -0.131. The van der Waals surface area contributed by atoms with Crippen molar-refractivity contribution in [1.82, 2.24) is 14.8 Å². The molecule has 118 valence electrons. The van der Waals surface area contributed by atoms with Crippen LogP contribution in [-0.4, -0.2) is 35.0 Å². The molecular formula is C17H29N3O. The van der Waals surface area contributed by atoms with Crippen molar-refractivity contribution in [2.45, 2.75) is 59.5 Å². The molecule has 1 amide bonds. The largest absolute Gasteiger partial charge is 0.349 e. The van der Waals surface area contributed by atoms with Crippen LogP contribution in [0.4, 0.5) is 0 Å². The molecule has 2 heterocycles. The Kier molecular flexibility index (Phi) is 5.85. The molecule has 1 aromatic heterocycles. The first-order valence-corrected chi connectivity index (χ1v) is 8.27. The Labute approximate surface area is 128 Å². The van der Waals surface area contributed by atoms with Gasteiger partial charge < -0.3 is 14.8 Å². The molecule has 0 bridgehead atoms. The summed E-state index contributed by atoms with van der Waals surface area (Å²) in [5.74, 6) is 0.307. The van der Waals surface area contributed by atoms with Gasteiger partial charge in [-0.15, -0.1) is 0 Å². The van der Waals surface area contributed by atoms with E-state index in [-0.39, 0.29) is 0 Å². The van der Waals surface area contributed by atoms with Crippen LogP contribution in [-0.2, 0) is 17.9 Å². The van der Waals surface area contributed by atoms with Crippen molar-refractivity contribution < 1.29 is 4.79 Å². The molecule has 0 radical (unpaired) electrons. The predicted octanol–water partition coefficient (Wildman–Crippen LogP) is 2.62. The van der Waals surface area contributed by atoms with Crippen LogP contribution in [0.3, 0.4) is 0 Å². The minimum atomic E-state index is 0.307. The van der Waals surface area contributed by atoms with Gasteiger partial charge in [-0.2, -0.15) is 0 Å². The van der Waals surface area contributed by atoms with E-state index in [1.54, 1.807) is 0 Å². The summed E-state index contributed by atoms with van der Waals surface area (Å²) >= 11 is 0. The average Bonchev–Trinajstić information content (AvgIpc) is 2.78. The van der Waals surface area contributed by atoms with Crippen molar-refractivity contribution in [3.05, 3.63) is 23.0 Å². The number of likely N-dealkylation sites (tertiary alicyclic amines) is 1. The average molecular weight is 291 g/mol. The van der Waals surface area contributed by atoms with Crippen LogP contribution >= 0.6 is 0 Å². The molecule has 0 saturated carbocycles. The van der Waals surface area contributed by atoms with E-state index < -0.39 is 0 Å². The third kappa shape index (κ3) is 4.10. The summed E-state index contributed by atoms with van der Waals surface area (Å²) in [6.45, 7) is 11.1. The molecule has 1 saturated heterocycles. The Morgan fingerprint density at radius 1 is 1.24 bits per heavy atom. The Morgan fingerprint density at radius 2 is 1.95 bits per heavy atom. The Morgan fingerprint density at radius 3 is 2.57 bits per heavy atom. The number of nitrogens with one attached hydrogen (secondary N) is 1. The number of amides is 1. The highest BCUT2D eigenvalue weighted by Gasteiger charge is 2.15. The second-order valence-corrected chi connectivity index (χ2v) is 6.01. The standard InChI is InChI=1S/C17H29N3O/c1-4-20-14(2)12-16(15(20)3)13-18-9-8-17(21)19-10-6-5-7-11-19/h12,18H,4-11,13H2,1-3H3. The number of rotatable bonds is 6. The maximum atomic E-state index is 12.1. The van der Waals surface area contributed by atoms with Gasteiger partial charge in [0.25, 0.3) is 0 Å². The van der Waals surface area contributed by atoms with Crippen LogP contribution < -0.4 is 5.32 Å². The van der Waals surface area contributed by atoms with Crippen LogP contribution in [0, 0.1) is 13.8 Å². The van der Waals surface area contributed by atoms with E-state index in [1.165, 1.54) is 36.2 Å². The first-order chi connectivity index (χ1) is 10.1. The van der Waals surface area contributed by atoms with Crippen LogP contribution in [0.5, 0.6) is 0 Å². The summed E-state index contributed by atoms with van der Waals surface area (Å²) in [6, 6.07) is 2.25. The number of carbonyl (C=O) groups is 1. The maximum Gasteiger partial charge on any atom is 0.223 e. The van der Waals surface area contributed by atoms with E-state index >= 15 is 0 Å². The van der Waals surface area contributed by atoms with Crippen molar-refractivity contribution in [3.63, 3.8) is 0 Å². The zero-order chi connectivity index (χ0) is 15.2. The summed E-state index contributed by atoms with van der Waals surface area (Å²) in [5.41, 5.74) is 4.00. The number of nitrogens with zero attached hydrogens (tertiary/aromatic N) is 2. The number of hydrogen-bond acceptors (Lipinski definition) is 2. The Balaban J connectivity index is 1.73. The quantitative estimate of drug-likeness (QED) is 0.818. The highest BCUT2D eigenvalue weighted by atomic mass is 16.2. The summed E-state index contributed by atoms with van der Waals surface area (Å²) in [5, 5.41) is 3.42. The molecule has 21 heavy (non-hydrogen) atoms. The van der Waals surface area contributed by atoms with Crippen molar-refractivity contribution in [2.75, 3.05) is 19.6 Å². The molecule has 0 aromatic carbocycles. The van der Waals surface area contributed by atoms with E-state index in [4.69, 9.17) is 0 Å². The molecule has 4 heteroatoms. The lowest BCUT2D eigenvalue weighted by Gasteiger charge is -2.26. The molecule has 1 aliphatic heterocycles. The first kappa shape index (κ1) is 16.1. The van der Waals surface area contributed by atoms with Crippen LogP contribution in [0.2, 0.25) is 0 Å². The lowest BCUT2D eigenvalue weighted by Crippen LogP contribution is -2.37. The van der Waals surface area contributed by atoms with Gasteiger partial charge in [0.2, 0.25) is 5.91 Å². The third-order valence-electron chi connectivity index (χ3n) is 4.53. The molecule has 1 fully saturated rings. The van der Waals surface area contributed by atoms with E-state index in [1.807, 2.05) is 4.90 Å². The SMILES string of the molecule is CCn1c(C)cc(CNCCC(=O)N2CCCCC2)c1C. The van der Waals surface area contributed by atoms with Crippen molar-refractivity contribution >= 4 is 5.91 Å². The van der Waals surface area contributed by atoms with Crippen LogP contribution in [0.15, 0.2) is 6.07 Å². The van der Waals surface area contributed by atoms with Gasteiger partial charge in [-0.25, -0.2) is 0 Å². The maximum absolute atomic E-state index is 12.1. The summed E-state index contributed by atoms with van der Waals surface area (Å²) in [4.78, 5) is 14.1. The van der Waals surface area contributed by atoms with E-state index in [0.717, 1.165) is 32.7 Å². The zero-order valence-corrected chi connectivity index (χ0v) is 13.7. The van der Waals surface area contributed by atoms with Gasteiger partial charge in [0.05, 0.1) is 0 Å². The number of carbonyl (C=O) groups excluding carboxylic acids is 1. The number of aromatic nitrogens is 1. The van der Waals surface area contributed by atoms with Gasteiger partial charge in [-0.05, 0) is 51.7 Å². The molecule has 1 N–H and O–H groups in total. The zero-order valence-electron chi connectivity index (χ0n) is 13.7. The van der Waals surface area contributed by atoms with Crippen molar-refractivity contribution in [1.29, 1.82) is 0 Å². The smallest absolute Gasteiger partial charge is 0.223 e. The minimum absolute atomic E-state index is 0.307. The molecule has 0 aliphatic carbocycles. The molecule has 0 unspecified atom stereocenters. The molecule has 0 atom stereocenters. The van der Waals surface area contributed by atoms with Gasteiger partial charge in [0.1, 0.15) is 0 Å². The fraction of sp³-hybridized carbons (Fsp3) is 0.706.